The lowest BCUT2D eigenvalue weighted by Crippen LogP contribution is -2.37. The molecule has 1 heterocycles. The number of unbranched alkanes of at least 4 members (excludes halogenated alkanes) is 1. The maximum Gasteiger partial charge on any atom is 0.220 e. The molecule has 0 aromatic carbocycles. The number of nitrogens with zero attached hydrogens (tertiary/aromatic N) is 2. The first-order chi connectivity index (χ1) is 9.63. The molecular weight excluding hydrogens is 254 g/mol. The summed E-state index contributed by atoms with van der Waals surface area (Å²) in [7, 11) is 0. The van der Waals surface area contributed by atoms with Crippen LogP contribution in [0.2, 0.25) is 0 Å². The van der Waals surface area contributed by atoms with E-state index in [9.17, 15) is 9.59 Å². The fourth-order valence-electron chi connectivity index (χ4n) is 1.82. The molecule has 20 heavy (non-hydrogen) atoms. The third-order valence-electron chi connectivity index (χ3n) is 3.00. The Hall–Kier alpha value is -1.91. The van der Waals surface area contributed by atoms with E-state index in [2.05, 4.69) is 17.2 Å². The fraction of sp³-hybridized carbons (Fsp3) is 0.533. The third-order valence-corrected chi connectivity index (χ3v) is 3.00. The van der Waals surface area contributed by atoms with Crippen LogP contribution < -0.4 is 5.32 Å². The molecule has 1 rings (SSSR count). The summed E-state index contributed by atoms with van der Waals surface area (Å²) in [5.41, 5.74) is 0.986. The van der Waals surface area contributed by atoms with Gasteiger partial charge in [-0.25, -0.2) is 0 Å². The summed E-state index contributed by atoms with van der Waals surface area (Å²) in [6.07, 6.45) is 5.91. The molecule has 1 aromatic heterocycles. The monoisotopic (exact) mass is 277 g/mol. The van der Waals surface area contributed by atoms with E-state index in [0.717, 1.165) is 18.4 Å². The van der Waals surface area contributed by atoms with Gasteiger partial charge in [0, 0.05) is 45.4 Å². The van der Waals surface area contributed by atoms with Gasteiger partial charge >= 0.3 is 0 Å². The highest BCUT2D eigenvalue weighted by Gasteiger charge is 2.09. The molecule has 0 aliphatic rings. The Morgan fingerprint density at radius 2 is 2.20 bits per heavy atom. The van der Waals surface area contributed by atoms with E-state index in [1.54, 1.807) is 17.3 Å². The average Bonchev–Trinajstić information content (AvgIpc) is 2.45. The second kappa shape index (κ2) is 9.07. The van der Waals surface area contributed by atoms with Crippen LogP contribution in [0.5, 0.6) is 0 Å². The number of pyridine rings is 1. The molecule has 0 saturated heterocycles. The van der Waals surface area contributed by atoms with Crippen molar-refractivity contribution in [3.8, 4) is 0 Å². The van der Waals surface area contributed by atoms with Gasteiger partial charge in [-0.15, -0.1) is 0 Å². The first-order valence-electron chi connectivity index (χ1n) is 7.04. The molecule has 0 atom stereocenters. The van der Waals surface area contributed by atoms with Crippen LogP contribution in [0.1, 0.15) is 38.7 Å². The zero-order valence-corrected chi connectivity index (χ0v) is 12.3. The maximum atomic E-state index is 11.6. The number of hydrogen-bond donors (Lipinski definition) is 1. The van der Waals surface area contributed by atoms with Crippen molar-refractivity contribution in [3.05, 3.63) is 30.1 Å². The molecule has 5 heteroatoms. The van der Waals surface area contributed by atoms with E-state index in [-0.39, 0.29) is 11.8 Å². The number of hydrogen-bond acceptors (Lipinski definition) is 3. The smallest absolute Gasteiger partial charge is 0.220 e. The second-order valence-electron chi connectivity index (χ2n) is 4.76. The summed E-state index contributed by atoms with van der Waals surface area (Å²) < 4.78 is 0. The zero-order chi connectivity index (χ0) is 14.8. The van der Waals surface area contributed by atoms with Crippen LogP contribution in [-0.4, -0.2) is 34.8 Å². The molecule has 0 radical (unpaired) electrons. The van der Waals surface area contributed by atoms with Crippen LogP contribution in [0.25, 0.3) is 0 Å². The van der Waals surface area contributed by atoms with Gasteiger partial charge in [-0.3, -0.25) is 14.6 Å². The molecule has 0 fully saturated rings. The van der Waals surface area contributed by atoms with Crippen LogP contribution in [0.4, 0.5) is 0 Å². The van der Waals surface area contributed by atoms with Crippen molar-refractivity contribution < 1.29 is 9.59 Å². The minimum absolute atomic E-state index is 0.00309. The van der Waals surface area contributed by atoms with Crippen molar-refractivity contribution in [1.82, 2.24) is 15.2 Å². The van der Waals surface area contributed by atoms with Crippen molar-refractivity contribution in [2.75, 3.05) is 13.1 Å². The van der Waals surface area contributed by atoms with E-state index in [4.69, 9.17) is 0 Å². The maximum absolute atomic E-state index is 11.6. The molecule has 0 spiro atoms. The Balaban J connectivity index is 2.37. The Bertz CT molecular complexity index is 420. The summed E-state index contributed by atoms with van der Waals surface area (Å²) in [4.78, 5) is 28.8. The van der Waals surface area contributed by atoms with E-state index in [1.807, 2.05) is 12.1 Å². The van der Waals surface area contributed by atoms with Gasteiger partial charge in [0.25, 0.3) is 0 Å². The molecule has 0 aliphatic carbocycles. The average molecular weight is 277 g/mol. The van der Waals surface area contributed by atoms with Crippen molar-refractivity contribution in [3.63, 3.8) is 0 Å². The zero-order valence-electron chi connectivity index (χ0n) is 12.3. The lowest BCUT2D eigenvalue weighted by molar-refractivity contribution is -0.130. The lowest BCUT2D eigenvalue weighted by atomic mass is 10.2. The highest BCUT2D eigenvalue weighted by molar-refractivity contribution is 5.76. The molecule has 0 saturated carbocycles. The molecule has 5 nitrogen and oxygen atoms in total. The minimum atomic E-state index is -0.00309. The Labute approximate surface area is 120 Å². The molecule has 1 aromatic rings. The van der Waals surface area contributed by atoms with E-state index >= 15 is 0 Å². The fourth-order valence-corrected chi connectivity index (χ4v) is 1.82. The summed E-state index contributed by atoms with van der Waals surface area (Å²) >= 11 is 0. The number of rotatable bonds is 8. The van der Waals surface area contributed by atoms with Crippen LogP contribution in [0.3, 0.4) is 0 Å². The van der Waals surface area contributed by atoms with Crippen LogP contribution in [0, 0.1) is 0 Å². The predicted octanol–water partition coefficient (Wildman–Crippen LogP) is 1.74. The van der Waals surface area contributed by atoms with Crippen molar-refractivity contribution in [1.29, 1.82) is 0 Å². The van der Waals surface area contributed by atoms with Crippen LogP contribution in [-0.2, 0) is 16.1 Å². The van der Waals surface area contributed by atoms with E-state index < -0.39 is 0 Å². The van der Waals surface area contributed by atoms with Crippen molar-refractivity contribution >= 4 is 11.8 Å². The molecule has 0 bridgehead atoms. The van der Waals surface area contributed by atoms with Crippen molar-refractivity contribution in [2.45, 2.75) is 39.7 Å². The normalized spacial score (nSPS) is 10.1. The minimum Gasteiger partial charge on any atom is -0.354 e. The van der Waals surface area contributed by atoms with Crippen molar-refractivity contribution in [2.24, 2.45) is 0 Å². The molecule has 1 N–H and O–H groups in total. The first-order valence-corrected chi connectivity index (χ1v) is 7.04. The number of carbonyl (C=O) groups is 2. The second-order valence-corrected chi connectivity index (χ2v) is 4.76. The topological polar surface area (TPSA) is 62.3 Å². The van der Waals surface area contributed by atoms with Gasteiger partial charge in [-0.2, -0.15) is 0 Å². The van der Waals surface area contributed by atoms with Gasteiger partial charge in [-0.1, -0.05) is 19.4 Å². The van der Waals surface area contributed by atoms with Gasteiger partial charge in [0.2, 0.25) is 11.8 Å². The van der Waals surface area contributed by atoms with Crippen LogP contribution >= 0.6 is 0 Å². The molecule has 0 unspecified atom stereocenters. The van der Waals surface area contributed by atoms with Gasteiger partial charge in [0.05, 0.1) is 0 Å². The quantitative estimate of drug-likeness (QED) is 0.787. The summed E-state index contributed by atoms with van der Waals surface area (Å²) in [5, 5.41) is 2.84. The number of aromatic nitrogens is 1. The molecule has 110 valence electrons. The van der Waals surface area contributed by atoms with Gasteiger partial charge in [0.15, 0.2) is 0 Å². The highest BCUT2D eigenvalue weighted by atomic mass is 16.2. The Morgan fingerprint density at radius 1 is 1.40 bits per heavy atom. The number of amides is 2. The summed E-state index contributed by atoms with van der Waals surface area (Å²) in [5.74, 6) is 0.0494. The van der Waals surface area contributed by atoms with Gasteiger partial charge in [-0.05, 0) is 18.1 Å². The van der Waals surface area contributed by atoms with Gasteiger partial charge < -0.3 is 10.2 Å². The summed E-state index contributed by atoms with van der Waals surface area (Å²) in [6, 6.07) is 3.78. The van der Waals surface area contributed by atoms with Crippen LogP contribution in [0.15, 0.2) is 24.5 Å². The third kappa shape index (κ3) is 6.31. The Morgan fingerprint density at radius 3 is 2.80 bits per heavy atom. The van der Waals surface area contributed by atoms with E-state index in [0.29, 0.717) is 26.1 Å². The van der Waals surface area contributed by atoms with Gasteiger partial charge in [0.1, 0.15) is 0 Å². The molecular formula is C15H23N3O2. The molecule has 0 aliphatic heterocycles. The lowest BCUT2D eigenvalue weighted by Gasteiger charge is -2.21. The number of carbonyl (C=O) groups excluding carboxylic acids is 2. The standard InChI is InChI=1S/C15H23N3O2/c1-3-4-7-15(20)17-9-10-18(13(2)19)12-14-6-5-8-16-11-14/h5-6,8,11H,3-4,7,9-10,12H2,1-2H3,(H,17,20). The predicted molar refractivity (Wildman–Crippen MR) is 77.9 cm³/mol. The summed E-state index contributed by atoms with van der Waals surface area (Å²) in [6.45, 7) is 5.12. The Kier molecular flexibility index (Phi) is 7.32. The molecule has 2 amide bonds. The number of nitrogens with one attached hydrogen (secondary N) is 1. The highest BCUT2D eigenvalue weighted by Crippen LogP contribution is 2.02. The largest absolute Gasteiger partial charge is 0.354 e. The van der Waals surface area contributed by atoms with E-state index in [1.165, 1.54) is 6.92 Å². The first kappa shape index (κ1) is 16.1. The SMILES string of the molecule is CCCCC(=O)NCCN(Cc1cccnc1)C(C)=O.